The molecule has 0 radical (unpaired) electrons. The van der Waals surface area contributed by atoms with E-state index in [-0.39, 0.29) is 18.7 Å². The molecule has 1 atom stereocenters. The summed E-state index contributed by atoms with van der Waals surface area (Å²) in [5, 5.41) is 5.62. The minimum absolute atomic E-state index is 0.239. The molecule has 2 aliphatic rings. The number of piperazine rings is 1. The molecule has 1 fully saturated rings. The van der Waals surface area contributed by atoms with Gasteiger partial charge in [0.25, 0.3) is 0 Å². The minimum Gasteiger partial charge on any atom is -0.463 e. The summed E-state index contributed by atoms with van der Waals surface area (Å²) in [6.45, 7) is 6.75. The van der Waals surface area contributed by atoms with Gasteiger partial charge in [0.15, 0.2) is 0 Å². The Balaban J connectivity index is 1.81. The van der Waals surface area contributed by atoms with Gasteiger partial charge in [-0.25, -0.2) is 14.4 Å². The average Bonchev–Trinajstić information content (AvgIpc) is 2.75. The molecular formula is C21H28N4O5. The van der Waals surface area contributed by atoms with Crippen molar-refractivity contribution in [2.75, 3.05) is 45.9 Å². The Kier molecular flexibility index (Phi) is 7.29. The lowest BCUT2D eigenvalue weighted by molar-refractivity contribution is -0.139. The van der Waals surface area contributed by atoms with Gasteiger partial charge in [0, 0.05) is 38.4 Å². The van der Waals surface area contributed by atoms with Crippen LogP contribution in [0.2, 0.25) is 0 Å². The van der Waals surface area contributed by atoms with Crippen LogP contribution in [0.1, 0.15) is 25.5 Å². The second-order valence-electron chi connectivity index (χ2n) is 7.02. The van der Waals surface area contributed by atoms with E-state index in [4.69, 9.17) is 9.47 Å². The van der Waals surface area contributed by atoms with E-state index in [9.17, 15) is 14.4 Å². The highest BCUT2D eigenvalue weighted by Gasteiger charge is 2.34. The fourth-order valence-corrected chi connectivity index (χ4v) is 3.61. The molecule has 1 aromatic carbocycles. The van der Waals surface area contributed by atoms with Gasteiger partial charge < -0.3 is 25.0 Å². The molecule has 0 aromatic heterocycles. The van der Waals surface area contributed by atoms with Crippen molar-refractivity contribution in [1.29, 1.82) is 0 Å². The van der Waals surface area contributed by atoms with Crippen LogP contribution in [0.25, 0.3) is 0 Å². The van der Waals surface area contributed by atoms with Crippen molar-refractivity contribution in [3.63, 3.8) is 0 Å². The molecule has 1 saturated heterocycles. The first-order chi connectivity index (χ1) is 14.5. The van der Waals surface area contributed by atoms with E-state index in [0.717, 1.165) is 5.56 Å². The van der Waals surface area contributed by atoms with Crippen LogP contribution in [0.5, 0.6) is 0 Å². The molecule has 0 aliphatic carbocycles. The Morgan fingerprint density at radius 2 is 1.70 bits per heavy atom. The maximum atomic E-state index is 12.8. The maximum absolute atomic E-state index is 12.8. The molecular weight excluding hydrogens is 388 g/mol. The summed E-state index contributed by atoms with van der Waals surface area (Å²) < 4.78 is 10.3. The van der Waals surface area contributed by atoms with Gasteiger partial charge in [-0.3, -0.25) is 4.90 Å². The summed E-state index contributed by atoms with van der Waals surface area (Å²) in [5.74, 6) is -0.459. The summed E-state index contributed by atoms with van der Waals surface area (Å²) >= 11 is 0. The first-order valence-electron chi connectivity index (χ1n) is 10.2. The molecule has 9 heteroatoms. The third-order valence-electron chi connectivity index (χ3n) is 5.06. The summed E-state index contributed by atoms with van der Waals surface area (Å²) in [6, 6.07) is 8.38. The highest BCUT2D eigenvalue weighted by Crippen LogP contribution is 2.28. The van der Waals surface area contributed by atoms with Crippen LogP contribution in [0, 0.1) is 0 Å². The molecule has 0 bridgehead atoms. The largest absolute Gasteiger partial charge is 0.463 e. The van der Waals surface area contributed by atoms with Gasteiger partial charge >= 0.3 is 18.1 Å². The normalized spacial score (nSPS) is 19.7. The Hall–Kier alpha value is -3.07. The molecule has 0 spiro atoms. The third kappa shape index (κ3) is 5.10. The molecule has 162 valence electrons. The van der Waals surface area contributed by atoms with Crippen LogP contribution in [0.4, 0.5) is 9.59 Å². The Morgan fingerprint density at radius 1 is 1.03 bits per heavy atom. The lowest BCUT2D eigenvalue weighted by atomic mass is 9.95. The molecule has 3 amide bonds. The van der Waals surface area contributed by atoms with E-state index in [1.165, 1.54) is 0 Å². The second-order valence-corrected chi connectivity index (χ2v) is 7.02. The van der Waals surface area contributed by atoms with Crippen molar-refractivity contribution >= 4 is 18.1 Å². The molecule has 1 aromatic rings. The molecule has 30 heavy (non-hydrogen) atoms. The number of hydrogen-bond donors (Lipinski definition) is 2. The van der Waals surface area contributed by atoms with Crippen LogP contribution in [0.3, 0.4) is 0 Å². The summed E-state index contributed by atoms with van der Waals surface area (Å²) in [6.07, 6.45) is -0.317. The third-order valence-corrected chi connectivity index (χ3v) is 5.06. The molecule has 0 unspecified atom stereocenters. The van der Waals surface area contributed by atoms with Gasteiger partial charge in [-0.05, 0) is 19.4 Å². The number of carbonyl (C=O) groups is 3. The predicted octanol–water partition coefficient (Wildman–Crippen LogP) is 1.63. The fraction of sp³-hybridized carbons (Fsp3) is 0.476. The smallest absolute Gasteiger partial charge is 0.409 e. The van der Waals surface area contributed by atoms with Crippen LogP contribution < -0.4 is 10.6 Å². The van der Waals surface area contributed by atoms with E-state index >= 15 is 0 Å². The molecule has 9 nitrogen and oxygen atoms in total. The Morgan fingerprint density at radius 3 is 2.33 bits per heavy atom. The van der Waals surface area contributed by atoms with Crippen molar-refractivity contribution in [2.45, 2.75) is 19.9 Å². The number of nitrogens with zero attached hydrogens (tertiary/aromatic N) is 2. The van der Waals surface area contributed by atoms with Gasteiger partial charge in [0.1, 0.15) is 0 Å². The zero-order chi connectivity index (χ0) is 21.5. The van der Waals surface area contributed by atoms with Gasteiger partial charge in [-0.15, -0.1) is 0 Å². The lowest BCUT2D eigenvalue weighted by Crippen LogP contribution is -2.52. The minimum atomic E-state index is -0.588. The number of hydrogen-bond acceptors (Lipinski definition) is 6. The topological polar surface area (TPSA) is 100 Å². The van der Waals surface area contributed by atoms with E-state index in [0.29, 0.717) is 50.6 Å². The van der Waals surface area contributed by atoms with Crippen molar-refractivity contribution < 1.29 is 23.9 Å². The lowest BCUT2D eigenvalue weighted by Gasteiger charge is -2.36. The van der Waals surface area contributed by atoms with Crippen molar-refractivity contribution in [3.05, 3.63) is 47.2 Å². The van der Waals surface area contributed by atoms with Crippen LogP contribution >= 0.6 is 0 Å². The molecule has 2 N–H and O–H groups in total. The Labute approximate surface area is 176 Å². The van der Waals surface area contributed by atoms with E-state index in [2.05, 4.69) is 15.5 Å². The summed E-state index contributed by atoms with van der Waals surface area (Å²) in [7, 11) is 0. The number of amides is 3. The number of rotatable bonds is 6. The molecule has 2 aliphatic heterocycles. The second kappa shape index (κ2) is 10.1. The van der Waals surface area contributed by atoms with Gasteiger partial charge in [-0.2, -0.15) is 0 Å². The maximum Gasteiger partial charge on any atom is 0.409 e. The SMILES string of the molecule is CCOC(=O)C1=C(CN2CCN(C(=O)OCC)CC2)NC(=O)N[C@H]1c1ccccc1. The number of urea groups is 1. The summed E-state index contributed by atoms with van der Waals surface area (Å²) in [5.41, 5.74) is 1.73. The van der Waals surface area contributed by atoms with Gasteiger partial charge in [0.2, 0.25) is 0 Å². The van der Waals surface area contributed by atoms with E-state index in [1.807, 2.05) is 30.3 Å². The van der Waals surface area contributed by atoms with Crippen molar-refractivity contribution in [1.82, 2.24) is 20.4 Å². The monoisotopic (exact) mass is 416 g/mol. The molecule has 3 rings (SSSR count). The summed E-state index contributed by atoms with van der Waals surface area (Å²) in [4.78, 5) is 40.8. The molecule has 0 saturated carbocycles. The molecule has 2 heterocycles. The van der Waals surface area contributed by atoms with Crippen LogP contribution in [0.15, 0.2) is 41.6 Å². The van der Waals surface area contributed by atoms with Crippen molar-refractivity contribution in [3.8, 4) is 0 Å². The highest BCUT2D eigenvalue weighted by molar-refractivity contribution is 5.95. The number of nitrogens with one attached hydrogen (secondary N) is 2. The number of benzene rings is 1. The van der Waals surface area contributed by atoms with Crippen molar-refractivity contribution in [2.24, 2.45) is 0 Å². The van der Waals surface area contributed by atoms with E-state index < -0.39 is 12.0 Å². The van der Waals surface area contributed by atoms with E-state index in [1.54, 1.807) is 18.7 Å². The van der Waals surface area contributed by atoms with Crippen LogP contribution in [-0.2, 0) is 14.3 Å². The quantitative estimate of drug-likeness (QED) is 0.684. The fourth-order valence-electron chi connectivity index (χ4n) is 3.61. The van der Waals surface area contributed by atoms with Gasteiger partial charge in [-0.1, -0.05) is 30.3 Å². The number of ether oxygens (including phenoxy) is 2. The first kappa shape index (κ1) is 21.6. The average molecular weight is 416 g/mol. The Bertz CT molecular complexity index is 803. The number of esters is 1. The van der Waals surface area contributed by atoms with Gasteiger partial charge in [0.05, 0.1) is 24.8 Å². The highest BCUT2D eigenvalue weighted by atomic mass is 16.6. The van der Waals surface area contributed by atoms with Crippen LogP contribution in [-0.4, -0.2) is 73.8 Å². The number of carbonyl (C=O) groups excluding carboxylic acids is 3. The zero-order valence-electron chi connectivity index (χ0n) is 17.3. The predicted molar refractivity (Wildman–Crippen MR) is 110 cm³/mol. The zero-order valence-corrected chi connectivity index (χ0v) is 17.3. The first-order valence-corrected chi connectivity index (χ1v) is 10.2. The standard InChI is InChI=1S/C21H28N4O5/c1-3-29-19(26)17-16(14-24-10-12-25(13-11-24)21(28)30-4-2)22-20(27)23-18(17)15-8-6-5-7-9-15/h5-9,18H,3-4,10-14H2,1-2H3,(H2,22,23,27)/t18-/m0/s1.